The lowest BCUT2D eigenvalue weighted by Crippen LogP contribution is -2.29. The molecule has 0 saturated carbocycles. The van der Waals surface area contributed by atoms with E-state index in [1.54, 1.807) is 0 Å². The number of hydrogen-bond donors (Lipinski definition) is 0. The second kappa shape index (κ2) is 23.3. The Kier molecular flexibility index (Phi) is 23.4. The van der Waals surface area contributed by atoms with Gasteiger partial charge in [0.25, 0.3) is 0 Å². The number of benzene rings is 1. The molecule has 0 radical (unpaired) electrons. The summed E-state index contributed by atoms with van der Waals surface area (Å²) >= 11 is 0. The zero-order valence-corrected chi connectivity index (χ0v) is 26.8. The Balaban J connectivity index is 0. The summed E-state index contributed by atoms with van der Waals surface area (Å²) in [5, 5.41) is 0. The third-order valence-electron chi connectivity index (χ3n) is 6.46. The van der Waals surface area contributed by atoms with Crippen LogP contribution in [0.3, 0.4) is 0 Å². The molecule has 3 nitrogen and oxygen atoms in total. The molecule has 0 bridgehead atoms. The van der Waals surface area contributed by atoms with Crippen molar-refractivity contribution in [2.24, 2.45) is 16.8 Å². The van der Waals surface area contributed by atoms with E-state index < -0.39 is 0 Å². The van der Waals surface area contributed by atoms with Crippen LogP contribution in [0.4, 0.5) is 0 Å². The first-order valence-corrected chi connectivity index (χ1v) is 14.7. The fraction of sp³-hybridized carbons (Fsp3) is 0.676. The average molecular weight is 515 g/mol. The summed E-state index contributed by atoms with van der Waals surface area (Å²) in [7, 11) is 1.83. The van der Waals surface area contributed by atoms with Gasteiger partial charge in [0, 0.05) is 32.5 Å². The first-order chi connectivity index (χ1) is 17.5. The number of amidine groups is 1. The molecule has 0 amide bonds. The van der Waals surface area contributed by atoms with Crippen molar-refractivity contribution < 1.29 is 4.74 Å². The molecule has 1 atom stereocenters. The van der Waals surface area contributed by atoms with Crippen molar-refractivity contribution in [1.82, 2.24) is 4.90 Å². The lowest BCUT2D eigenvalue weighted by atomic mass is 10.0. The van der Waals surface area contributed by atoms with Crippen molar-refractivity contribution in [1.29, 1.82) is 0 Å². The maximum Gasteiger partial charge on any atom is 0.127 e. The first kappa shape index (κ1) is 37.3. The van der Waals surface area contributed by atoms with E-state index in [1.165, 1.54) is 41.5 Å². The van der Waals surface area contributed by atoms with E-state index >= 15 is 0 Å². The Bertz CT molecular complexity index is 766. The molecular formula is C34H62N2O. The molecule has 0 aliphatic carbocycles. The van der Waals surface area contributed by atoms with Crippen molar-refractivity contribution in [3.8, 4) is 0 Å². The van der Waals surface area contributed by atoms with E-state index in [2.05, 4.69) is 117 Å². The molecule has 1 aromatic rings. The van der Waals surface area contributed by atoms with Crippen molar-refractivity contribution in [2.45, 2.75) is 115 Å². The minimum Gasteiger partial charge on any atom is -0.381 e. The monoisotopic (exact) mass is 514 g/mol. The van der Waals surface area contributed by atoms with Crippen LogP contribution < -0.4 is 0 Å². The number of aliphatic imine (C=N–C) groups is 1. The predicted molar refractivity (Wildman–Crippen MR) is 169 cm³/mol. The Morgan fingerprint density at radius 2 is 1.76 bits per heavy atom. The Labute approximate surface area is 232 Å². The molecule has 1 aromatic carbocycles. The lowest BCUT2D eigenvalue weighted by molar-refractivity contribution is 0.185. The number of ether oxygens (including phenoxy) is 1. The number of aryl methyl sites for hydroxylation is 3. The summed E-state index contributed by atoms with van der Waals surface area (Å²) in [5.74, 6) is 2.78. The standard InChI is InChI=1S/C13H24N2.C10H14.C6H12O.C5H12/c1-7-9-15(12(5)8-2)13(14-6)10-11(3)4;1-4-10-7-8(2)5-6-9(10)3;1-2-6-3-4-7-5-6;1-4-5(2)3/h10H,5,7-9H2,1-4,6H3;5-7H,4H2,1-3H3;6H,2-5H2,1H3;5H,4H2,1-3H3. The Morgan fingerprint density at radius 3 is 2.08 bits per heavy atom. The number of nitrogens with zero attached hydrogens (tertiary/aromatic N) is 2. The third-order valence-corrected chi connectivity index (χ3v) is 6.46. The van der Waals surface area contributed by atoms with Gasteiger partial charge in [0.15, 0.2) is 0 Å². The molecule has 0 aromatic heterocycles. The van der Waals surface area contributed by atoms with Crippen LogP contribution in [0.5, 0.6) is 0 Å². The van der Waals surface area contributed by atoms with Gasteiger partial charge in [-0.25, -0.2) is 0 Å². The average Bonchev–Trinajstić information content (AvgIpc) is 3.42. The van der Waals surface area contributed by atoms with E-state index in [9.17, 15) is 0 Å². The van der Waals surface area contributed by atoms with Crippen LogP contribution in [0.15, 0.2) is 47.1 Å². The van der Waals surface area contributed by atoms with Gasteiger partial charge in [0.2, 0.25) is 0 Å². The van der Waals surface area contributed by atoms with Crippen LogP contribution in [-0.2, 0) is 11.2 Å². The SMILES string of the molecule is C=C(CC)N(CCC)C(C=C(C)C)=NC.CCC(C)C.CCC1CCOC1.CCc1cc(C)ccc1C. The normalized spacial score (nSPS) is 14.4. The maximum atomic E-state index is 5.15. The summed E-state index contributed by atoms with van der Waals surface area (Å²) in [4.78, 5) is 6.52. The van der Waals surface area contributed by atoms with Gasteiger partial charge in [0.05, 0.1) is 0 Å². The lowest BCUT2D eigenvalue weighted by Gasteiger charge is -2.25. The summed E-state index contributed by atoms with van der Waals surface area (Å²) in [6.45, 7) is 30.9. The molecule has 0 spiro atoms. The van der Waals surface area contributed by atoms with Crippen molar-refractivity contribution in [2.75, 3.05) is 26.8 Å². The molecule has 1 heterocycles. The van der Waals surface area contributed by atoms with Crippen molar-refractivity contribution in [3.63, 3.8) is 0 Å². The fourth-order valence-electron chi connectivity index (χ4n) is 3.46. The Hall–Kier alpha value is -1.87. The van der Waals surface area contributed by atoms with Crippen molar-refractivity contribution in [3.05, 3.63) is 58.8 Å². The molecule has 1 aliphatic rings. The zero-order valence-electron chi connectivity index (χ0n) is 26.8. The minimum absolute atomic E-state index is 0.875. The Morgan fingerprint density at radius 1 is 1.14 bits per heavy atom. The van der Waals surface area contributed by atoms with E-state index in [0.29, 0.717) is 0 Å². The summed E-state index contributed by atoms with van der Waals surface area (Å²) in [6, 6.07) is 6.61. The number of hydrogen-bond acceptors (Lipinski definition) is 2. The summed E-state index contributed by atoms with van der Waals surface area (Å²) in [6.07, 6.45) is 9.21. The van der Waals surface area contributed by atoms with Gasteiger partial charge in [-0.05, 0) is 82.4 Å². The molecule has 37 heavy (non-hydrogen) atoms. The summed E-state index contributed by atoms with van der Waals surface area (Å²) < 4.78 is 5.15. The van der Waals surface area contributed by atoms with Crippen LogP contribution in [0.1, 0.15) is 111 Å². The quantitative estimate of drug-likeness (QED) is 0.255. The predicted octanol–water partition coefficient (Wildman–Crippen LogP) is 9.97. The number of allylic oxidation sites excluding steroid dienone is 2. The molecule has 3 heteroatoms. The van der Waals surface area contributed by atoms with Crippen LogP contribution in [0.25, 0.3) is 0 Å². The van der Waals surface area contributed by atoms with Crippen LogP contribution in [0.2, 0.25) is 0 Å². The van der Waals surface area contributed by atoms with E-state index in [4.69, 9.17) is 4.74 Å². The maximum absolute atomic E-state index is 5.15. The highest BCUT2D eigenvalue weighted by atomic mass is 16.5. The minimum atomic E-state index is 0.875. The van der Waals surface area contributed by atoms with Gasteiger partial charge in [-0.1, -0.05) is 97.2 Å². The third kappa shape index (κ3) is 18.9. The van der Waals surface area contributed by atoms with Gasteiger partial charge in [-0.3, -0.25) is 4.99 Å². The smallest absolute Gasteiger partial charge is 0.127 e. The highest BCUT2D eigenvalue weighted by Crippen LogP contribution is 2.14. The van der Waals surface area contributed by atoms with Crippen LogP contribution in [0, 0.1) is 25.7 Å². The van der Waals surface area contributed by atoms with E-state index in [-0.39, 0.29) is 0 Å². The number of rotatable bonds is 8. The van der Waals surface area contributed by atoms with Crippen LogP contribution in [-0.4, -0.2) is 37.5 Å². The van der Waals surface area contributed by atoms with Gasteiger partial charge in [-0.15, -0.1) is 0 Å². The summed E-state index contributed by atoms with van der Waals surface area (Å²) in [5.41, 5.74) is 6.64. The molecule has 1 saturated heterocycles. The van der Waals surface area contributed by atoms with Gasteiger partial charge < -0.3 is 9.64 Å². The first-order valence-electron chi connectivity index (χ1n) is 14.7. The van der Waals surface area contributed by atoms with Crippen LogP contribution >= 0.6 is 0 Å². The van der Waals surface area contributed by atoms with E-state index in [0.717, 1.165) is 62.4 Å². The molecule has 1 unspecified atom stereocenters. The second-order valence-corrected chi connectivity index (χ2v) is 10.6. The molecule has 0 N–H and O–H groups in total. The topological polar surface area (TPSA) is 24.8 Å². The molecule has 1 fully saturated rings. The largest absolute Gasteiger partial charge is 0.381 e. The second-order valence-electron chi connectivity index (χ2n) is 10.6. The zero-order chi connectivity index (χ0) is 28.8. The highest BCUT2D eigenvalue weighted by Gasteiger charge is 2.12. The van der Waals surface area contributed by atoms with E-state index in [1.807, 2.05) is 7.05 Å². The van der Waals surface area contributed by atoms with Gasteiger partial charge in [0.1, 0.15) is 5.84 Å². The van der Waals surface area contributed by atoms with Gasteiger partial charge in [-0.2, -0.15) is 0 Å². The van der Waals surface area contributed by atoms with Crippen molar-refractivity contribution >= 4 is 5.84 Å². The fourth-order valence-corrected chi connectivity index (χ4v) is 3.46. The highest BCUT2D eigenvalue weighted by molar-refractivity contribution is 5.94. The molecular weight excluding hydrogens is 452 g/mol. The molecule has 214 valence electrons. The van der Waals surface area contributed by atoms with Gasteiger partial charge >= 0.3 is 0 Å². The molecule has 1 aliphatic heterocycles. The molecule has 2 rings (SSSR count).